The molecule has 0 unspecified atom stereocenters. The first kappa shape index (κ1) is 15.3. The summed E-state index contributed by atoms with van der Waals surface area (Å²) in [5.41, 5.74) is 0.352. The van der Waals surface area contributed by atoms with Gasteiger partial charge in [-0.15, -0.1) is 0 Å². The van der Waals surface area contributed by atoms with E-state index in [2.05, 4.69) is 0 Å². The Balaban J connectivity index is 2.75. The highest BCUT2D eigenvalue weighted by Gasteiger charge is 2.35. The highest BCUT2D eigenvalue weighted by molar-refractivity contribution is 7.92. The van der Waals surface area contributed by atoms with Gasteiger partial charge in [-0.3, -0.25) is 9.52 Å². The molecule has 0 spiro atoms. The van der Waals surface area contributed by atoms with E-state index >= 15 is 0 Å². The van der Waals surface area contributed by atoms with Crippen LogP contribution in [0.3, 0.4) is 0 Å². The van der Waals surface area contributed by atoms with E-state index < -0.39 is 27.9 Å². The molecular weight excluding hydrogens is 287 g/mol. The second kappa shape index (κ2) is 5.47. The summed E-state index contributed by atoms with van der Waals surface area (Å²) in [7, 11) is -4.52. The van der Waals surface area contributed by atoms with Gasteiger partial charge in [0.2, 0.25) is 10.0 Å². The maximum absolute atomic E-state index is 12.0. The second-order valence-corrected chi connectivity index (χ2v) is 5.47. The molecule has 1 aromatic rings. The Bertz CT molecular complexity index is 551. The molecule has 0 radical (unpaired) electrons. The zero-order valence-electron chi connectivity index (χ0n) is 9.44. The quantitative estimate of drug-likeness (QED) is 0.865. The number of aliphatic carboxylic acids is 1. The molecule has 5 nitrogen and oxygen atoms in total. The Morgan fingerprint density at radius 3 is 2.16 bits per heavy atom. The molecular formula is C10H10F3NO4S. The van der Waals surface area contributed by atoms with Crippen molar-refractivity contribution in [2.45, 2.75) is 12.6 Å². The van der Waals surface area contributed by atoms with Crippen molar-refractivity contribution in [1.82, 2.24) is 0 Å². The first-order valence-electron chi connectivity index (χ1n) is 4.95. The van der Waals surface area contributed by atoms with Crippen LogP contribution < -0.4 is 4.72 Å². The zero-order valence-corrected chi connectivity index (χ0v) is 10.3. The molecule has 1 rings (SSSR count). The molecule has 9 heteroatoms. The molecule has 0 aliphatic rings. The monoisotopic (exact) mass is 297 g/mol. The van der Waals surface area contributed by atoms with E-state index in [4.69, 9.17) is 5.11 Å². The highest BCUT2D eigenvalue weighted by atomic mass is 32.2. The molecule has 0 saturated carbocycles. The summed E-state index contributed by atoms with van der Waals surface area (Å²) in [6, 6.07) is 5.04. The summed E-state index contributed by atoms with van der Waals surface area (Å²) in [4.78, 5) is 10.4. The molecule has 0 aliphatic carbocycles. The van der Waals surface area contributed by atoms with E-state index in [9.17, 15) is 26.4 Å². The van der Waals surface area contributed by atoms with Crippen molar-refractivity contribution >= 4 is 21.7 Å². The van der Waals surface area contributed by atoms with E-state index in [0.717, 1.165) is 0 Å². The van der Waals surface area contributed by atoms with Crippen LogP contribution in [0.15, 0.2) is 24.3 Å². The fourth-order valence-electron chi connectivity index (χ4n) is 1.30. The number of anilines is 1. The average Bonchev–Trinajstić information content (AvgIpc) is 2.15. The molecule has 0 heterocycles. The fourth-order valence-corrected chi connectivity index (χ4v) is 2.29. The van der Waals surface area contributed by atoms with Crippen LogP contribution in [0.4, 0.5) is 18.9 Å². The molecule has 19 heavy (non-hydrogen) atoms. The lowest BCUT2D eigenvalue weighted by Crippen LogP contribution is -2.27. The van der Waals surface area contributed by atoms with E-state index in [0.29, 0.717) is 5.56 Å². The summed E-state index contributed by atoms with van der Waals surface area (Å²) in [5, 5.41) is 8.51. The minimum atomic E-state index is -4.82. The fraction of sp³-hybridized carbons (Fsp3) is 0.300. The van der Waals surface area contributed by atoms with E-state index in [1.807, 2.05) is 0 Å². The van der Waals surface area contributed by atoms with Gasteiger partial charge in [0, 0.05) is 5.69 Å². The lowest BCUT2D eigenvalue weighted by molar-refractivity contribution is -0.136. The molecule has 0 atom stereocenters. The predicted molar refractivity (Wildman–Crippen MR) is 61.2 cm³/mol. The van der Waals surface area contributed by atoms with Crippen LogP contribution in [0.2, 0.25) is 0 Å². The number of benzene rings is 1. The normalized spacial score (nSPS) is 12.2. The van der Waals surface area contributed by atoms with E-state index in [-0.39, 0.29) is 12.1 Å². The van der Waals surface area contributed by atoms with Gasteiger partial charge in [-0.2, -0.15) is 13.2 Å². The largest absolute Gasteiger partial charge is 0.481 e. The molecule has 0 bridgehead atoms. The van der Waals surface area contributed by atoms with Crippen LogP contribution in [-0.4, -0.2) is 31.4 Å². The SMILES string of the molecule is O=C(O)Cc1ccc(NS(=O)(=O)CC(F)(F)F)cc1. The maximum atomic E-state index is 12.0. The third-order valence-electron chi connectivity index (χ3n) is 1.94. The van der Waals surface area contributed by atoms with E-state index in [1.54, 1.807) is 4.72 Å². The second-order valence-electron chi connectivity index (χ2n) is 3.74. The third-order valence-corrected chi connectivity index (χ3v) is 3.19. The smallest absolute Gasteiger partial charge is 0.404 e. The van der Waals surface area contributed by atoms with Crippen molar-refractivity contribution in [3.8, 4) is 0 Å². The molecule has 0 aromatic heterocycles. The van der Waals surface area contributed by atoms with Gasteiger partial charge in [-0.05, 0) is 17.7 Å². The number of hydrogen-bond acceptors (Lipinski definition) is 3. The summed E-state index contributed by atoms with van der Waals surface area (Å²) < 4.78 is 60.0. The first-order chi connectivity index (χ1) is 8.57. The van der Waals surface area contributed by atoms with Gasteiger partial charge in [0.25, 0.3) is 0 Å². The van der Waals surface area contributed by atoms with Gasteiger partial charge in [-0.25, -0.2) is 8.42 Å². The summed E-state index contributed by atoms with van der Waals surface area (Å²) in [6.45, 7) is 0. The van der Waals surface area contributed by atoms with Gasteiger partial charge in [0.1, 0.15) is 0 Å². The van der Waals surface area contributed by atoms with Crippen LogP contribution in [-0.2, 0) is 21.2 Å². The van der Waals surface area contributed by atoms with Gasteiger partial charge in [0.05, 0.1) is 6.42 Å². The molecule has 0 saturated heterocycles. The lowest BCUT2D eigenvalue weighted by atomic mass is 10.1. The Morgan fingerprint density at radius 2 is 1.74 bits per heavy atom. The number of nitrogens with one attached hydrogen (secondary N) is 1. The lowest BCUT2D eigenvalue weighted by Gasteiger charge is -2.10. The molecule has 0 aliphatic heterocycles. The minimum absolute atomic E-state index is 0.0570. The van der Waals surface area contributed by atoms with Crippen molar-refractivity contribution in [1.29, 1.82) is 0 Å². The zero-order chi connectivity index (χ0) is 14.7. The van der Waals surface area contributed by atoms with E-state index in [1.165, 1.54) is 24.3 Å². The predicted octanol–water partition coefficient (Wildman–Crippen LogP) is 1.62. The van der Waals surface area contributed by atoms with Crippen molar-refractivity contribution in [3.05, 3.63) is 29.8 Å². The van der Waals surface area contributed by atoms with Crippen molar-refractivity contribution in [2.75, 3.05) is 10.5 Å². The summed E-state index contributed by atoms with van der Waals surface area (Å²) in [6.07, 6.45) is -5.08. The Labute approximate surface area is 107 Å². The van der Waals surface area contributed by atoms with Gasteiger partial charge < -0.3 is 5.11 Å². The maximum Gasteiger partial charge on any atom is 0.404 e. The van der Waals surface area contributed by atoms with Crippen LogP contribution in [0, 0.1) is 0 Å². The number of carboxylic acids is 1. The topological polar surface area (TPSA) is 83.5 Å². The Kier molecular flexibility index (Phi) is 4.40. The number of hydrogen-bond donors (Lipinski definition) is 2. The highest BCUT2D eigenvalue weighted by Crippen LogP contribution is 2.19. The number of carbonyl (C=O) groups is 1. The Hall–Kier alpha value is -1.77. The molecule has 106 valence electrons. The minimum Gasteiger partial charge on any atom is -0.481 e. The summed E-state index contributed by atoms with van der Waals surface area (Å²) >= 11 is 0. The number of alkyl halides is 3. The number of halogens is 3. The van der Waals surface area contributed by atoms with Crippen LogP contribution in [0.25, 0.3) is 0 Å². The van der Waals surface area contributed by atoms with Crippen molar-refractivity contribution in [2.24, 2.45) is 0 Å². The average molecular weight is 297 g/mol. The molecule has 0 amide bonds. The van der Waals surface area contributed by atoms with Crippen molar-refractivity contribution in [3.63, 3.8) is 0 Å². The molecule has 2 N–H and O–H groups in total. The van der Waals surface area contributed by atoms with Crippen molar-refractivity contribution < 1.29 is 31.5 Å². The Morgan fingerprint density at radius 1 is 1.21 bits per heavy atom. The standard InChI is InChI=1S/C10H10F3NO4S/c11-10(12,13)6-19(17,18)14-8-3-1-7(2-4-8)5-9(15)16/h1-4,14H,5-6H2,(H,15,16). The summed E-state index contributed by atoms with van der Waals surface area (Å²) in [5.74, 6) is -3.04. The third kappa shape index (κ3) is 6.09. The first-order valence-corrected chi connectivity index (χ1v) is 6.61. The molecule has 0 fully saturated rings. The number of sulfonamides is 1. The number of rotatable bonds is 5. The van der Waals surface area contributed by atoms with Crippen LogP contribution in [0.1, 0.15) is 5.56 Å². The molecule has 1 aromatic carbocycles. The van der Waals surface area contributed by atoms with Gasteiger partial charge in [-0.1, -0.05) is 12.1 Å². The number of carboxylic acid groups (broad SMARTS) is 1. The van der Waals surface area contributed by atoms with Gasteiger partial charge in [0.15, 0.2) is 5.75 Å². The van der Waals surface area contributed by atoms with Crippen LogP contribution in [0.5, 0.6) is 0 Å². The van der Waals surface area contributed by atoms with Gasteiger partial charge >= 0.3 is 12.1 Å². The van der Waals surface area contributed by atoms with Crippen LogP contribution >= 0.6 is 0 Å².